The van der Waals surface area contributed by atoms with Crippen LogP contribution in [0.5, 0.6) is 0 Å². The number of fused-ring (bicyclic) bond motifs is 1. The van der Waals surface area contributed by atoms with Gasteiger partial charge in [0.15, 0.2) is 0 Å². The van der Waals surface area contributed by atoms with Crippen LogP contribution in [0.1, 0.15) is 39.9 Å². The molecule has 2 heterocycles. The molecule has 4 nitrogen and oxygen atoms in total. The lowest BCUT2D eigenvalue weighted by atomic mass is 9.99. The number of halogens is 1. The fraction of sp³-hybridized carbons (Fsp3) is 0.381. The lowest BCUT2D eigenvalue weighted by Crippen LogP contribution is -2.25. The Morgan fingerprint density at radius 1 is 1.19 bits per heavy atom. The second-order valence-corrected chi connectivity index (χ2v) is 7.13. The Balaban J connectivity index is 1.49. The van der Waals surface area contributed by atoms with Crippen LogP contribution >= 0.6 is 0 Å². The van der Waals surface area contributed by atoms with E-state index < -0.39 is 0 Å². The Morgan fingerprint density at radius 2 is 2.04 bits per heavy atom. The van der Waals surface area contributed by atoms with Crippen LogP contribution in [0.3, 0.4) is 0 Å². The van der Waals surface area contributed by atoms with E-state index in [1.54, 1.807) is 12.1 Å². The standard InChI is InChI=1S/C21H24FN3O/c22-20-18-8-9-23-13-17(18)6-7-19(20)24-21(26)16-5-3-4-15(12-16)14-25-10-1-2-11-25/h3-7,12,23H,1-2,8-11,13-14H2,(H,24,26). The first kappa shape index (κ1) is 17.2. The van der Waals surface area contributed by atoms with Crippen molar-refractivity contribution in [2.75, 3.05) is 25.0 Å². The number of nitrogens with zero attached hydrogens (tertiary/aromatic N) is 1. The SMILES string of the molecule is O=C(Nc1ccc2c(c1F)CCNC2)c1cccc(CN2CCCC2)c1. The number of hydrogen-bond acceptors (Lipinski definition) is 3. The van der Waals surface area contributed by atoms with E-state index in [0.29, 0.717) is 24.1 Å². The maximum absolute atomic E-state index is 14.7. The van der Waals surface area contributed by atoms with Crippen molar-refractivity contribution in [3.8, 4) is 0 Å². The number of carbonyl (C=O) groups excluding carboxylic acids is 1. The molecule has 2 N–H and O–H groups in total. The van der Waals surface area contributed by atoms with Gasteiger partial charge >= 0.3 is 0 Å². The quantitative estimate of drug-likeness (QED) is 0.886. The zero-order chi connectivity index (χ0) is 17.9. The number of benzene rings is 2. The molecule has 136 valence electrons. The average Bonchev–Trinajstić information content (AvgIpc) is 3.17. The molecule has 1 saturated heterocycles. The molecule has 2 aliphatic heterocycles. The molecule has 0 aliphatic carbocycles. The smallest absolute Gasteiger partial charge is 0.255 e. The molecule has 0 spiro atoms. The summed E-state index contributed by atoms with van der Waals surface area (Å²) in [7, 11) is 0. The van der Waals surface area contributed by atoms with Crippen molar-refractivity contribution in [1.82, 2.24) is 10.2 Å². The van der Waals surface area contributed by atoms with Gasteiger partial charge in [-0.1, -0.05) is 18.2 Å². The van der Waals surface area contributed by atoms with Gasteiger partial charge in [0.25, 0.3) is 5.91 Å². The van der Waals surface area contributed by atoms with Gasteiger partial charge in [0.05, 0.1) is 5.69 Å². The summed E-state index contributed by atoms with van der Waals surface area (Å²) in [5.41, 5.74) is 3.64. The summed E-state index contributed by atoms with van der Waals surface area (Å²) in [5.74, 6) is -0.563. The van der Waals surface area contributed by atoms with Crippen LogP contribution in [0, 0.1) is 5.82 Å². The van der Waals surface area contributed by atoms with Crippen LogP contribution < -0.4 is 10.6 Å². The summed E-state index contributed by atoms with van der Waals surface area (Å²) < 4.78 is 14.7. The van der Waals surface area contributed by atoms with Crippen LogP contribution in [0.4, 0.5) is 10.1 Å². The Kier molecular flexibility index (Phi) is 5.00. The van der Waals surface area contributed by atoms with Crippen molar-refractivity contribution in [3.05, 3.63) is 64.5 Å². The molecule has 26 heavy (non-hydrogen) atoms. The molecule has 0 saturated carbocycles. The van der Waals surface area contributed by atoms with Gasteiger partial charge in [-0.25, -0.2) is 4.39 Å². The van der Waals surface area contributed by atoms with Gasteiger partial charge in [-0.2, -0.15) is 0 Å². The average molecular weight is 353 g/mol. The van der Waals surface area contributed by atoms with E-state index in [1.165, 1.54) is 12.8 Å². The molecule has 2 aliphatic rings. The largest absolute Gasteiger partial charge is 0.319 e. The number of hydrogen-bond donors (Lipinski definition) is 2. The van der Waals surface area contributed by atoms with Crippen molar-refractivity contribution >= 4 is 11.6 Å². The number of amides is 1. The molecule has 0 aromatic heterocycles. The second-order valence-electron chi connectivity index (χ2n) is 7.13. The minimum absolute atomic E-state index is 0.263. The van der Waals surface area contributed by atoms with Crippen LogP contribution in [0.2, 0.25) is 0 Å². The first-order valence-electron chi connectivity index (χ1n) is 9.34. The Morgan fingerprint density at radius 3 is 2.88 bits per heavy atom. The van der Waals surface area contributed by atoms with Crippen LogP contribution in [-0.4, -0.2) is 30.4 Å². The molecule has 2 aromatic rings. The molecule has 1 amide bonds. The predicted molar refractivity (Wildman–Crippen MR) is 101 cm³/mol. The van der Waals surface area contributed by atoms with E-state index in [9.17, 15) is 9.18 Å². The molecule has 5 heteroatoms. The van der Waals surface area contributed by atoms with E-state index in [4.69, 9.17) is 0 Å². The lowest BCUT2D eigenvalue weighted by Gasteiger charge is -2.19. The molecular formula is C21H24FN3O. The van der Waals surface area contributed by atoms with Gasteiger partial charge in [-0.05, 0) is 73.8 Å². The predicted octanol–water partition coefficient (Wildman–Crippen LogP) is 3.32. The van der Waals surface area contributed by atoms with E-state index in [2.05, 4.69) is 15.5 Å². The van der Waals surface area contributed by atoms with Gasteiger partial charge in [-0.3, -0.25) is 9.69 Å². The number of rotatable bonds is 4. The number of nitrogens with one attached hydrogen (secondary N) is 2. The van der Waals surface area contributed by atoms with Gasteiger partial charge in [0.2, 0.25) is 0 Å². The van der Waals surface area contributed by atoms with E-state index in [-0.39, 0.29) is 17.4 Å². The Labute approximate surface area is 153 Å². The number of likely N-dealkylation sites (tertiary alicyclic amines) is 1. The van der Waals surface area contributed by atoms with Gasteiger partial charge < -0.3 is 10.6 Å². The van der Waals surface area contributed by atoms with Crippen molar-refractivity contribution < 1.29 is 9.18 Å². The molecule has 2 aromatic carbocycles. The van der Waals surface area contributed by atoms with Crippen molar-refractivity contribution in [1.29, 1.82) is 0 Å². The maximum Gasteiger partial charge on any atom is 0.255 e. The van der Waals surface area contributed by atoms with E-state index in [1.807, 2.05) is 24.3 Å². The summed E-state index contributed by atoms with van der Waals surface area (Å²) in [4.78, 5) is 15.0. The molecule has 0 atom stereocenters. The van der Waals surface area contributed by atoms with Crippen molar-refractivity contribution in [3.63, 3.8) is 0 Å². The molecule has 0 bridgehead atoms. The molecule has 1 fully saturated rings. The fourth-order valence-electron chi connectivity index (χ4n) is 3.83. The first-order chi connectivity index (χ1) is 12.7. The van der Waals surface area contributed by atoms with E-state index in [0.717, 1.165) is 37.3 Å². The van der Waals surface area contributed by atoms with Crippen molar-refractivity contribution in [2.24, 2.45) is 0 Å². The second kappa shape index (κ2) is 7.56. The van der Waals surface area contributed by atoms with Gasteiger partial charge in [-0.15, -0.1) is 0 Å². The van der Waals surface area contributed by atoms with E-state index >= 15 is 0 Å². The maximum atomic E-state index is 14.7. The summed E-state index contributed by atoms with van der Waals surface area (Å²) in [5, 5.41) is 5.98. The normalized spacial score (nSPS) is 17.1. The Bertz CT molecular complexity index is 815. The lowest BCUT2D eigenvalue weighted by molar-refractivity contribution is 0.102. The topological polar surface area (TPSA) is 44.4 Å². The summed E-state index contributed by atoms with van der Waals surface area (Å²) >= 11 is 0. The summed E-state index contributed by atoms with van der Waals surface area (Å²) in [6.07, 6.45) is 3.14. The first-order valence-corrected chi connectivity index (χ1v) is 9.34. The molecular weight excluding hydrogens is 329 g/mol. The third-order valence-corrected chi connectivity index (χ3v) is 5.25. The highest BCUT2D eigenvalue weighted by Crippen LogP contribution is 2.25. The minimum atomic E-state index is -0.300. The zero-order valence-corrected chi connectivity index (χ0v) is 14.9. The van der Waals surface area contributed by atoms with Gasteiger partial charge in [0.1, 0.15) is 5.82 Å². The zero-order valence-electron chi connectivity index (χ0n) is 14.9. The third-order valence-electron chi connectivity index (χ3n) is 5.25. The Hall–Kier alpha value is -2.24. The number of anilines is 1. The highest BCUT2D eigenvalue weighted by molar-refractivity contribution is 6.04. The molecule has 4 rings (SSSR count). The number of carbonyl (C=O) groups is 1. The highest BCUT2D eigenvalue weighted by atomic mass is 19.1. The molecule has 0 unspecified atom stereocenters. The van der Waals surface area contributed by atoms with Crippen LogP contribution in [-0.2, 0) is 19.5 Å². The highest BCUT2D eigenvalue weighted by Gasteiger charge is 2.18. The summed E-state index contributed by atoms with van der Waals surface area (Å²) in [6.45, 7) is 4.54. The van der Waals surface area contributed by atoms with Crippen molar-refractivity contribution in [2.45, 2.75) is 32.4 Å². The van der Waals surface area contributed by atoms with Gasteiger partial charge in [0, 0.05) is 18.7 Å². The minimum Gasteiger partial charge on any atom is -0.319 e. The fourth-order valence-corrected chi connectivity index (χ4v) is 3.83. The van der Waals surface area contributed by atoms with Crippen LogP contribution in [0.15, 0.2) is 36.4 Å². The monoisotopic (exact) mass is 353 g/mol. The third kappa shape index (κ3) is 3.64. The summed E-state index contributed by atoms with van der Waals surface area (Å²) in [6, 6.07) is 11.2. The molecule has 0 radical (unpaired) electrons. The van der Waals surface area contributed by atoms with Crippen LogP contribution in [0.25, 0.3) is 0 Å².